The number of carbonyl (C=O) groups is 1. The van der Waals surface area contributed by atoms with E-state index >= 15 is 0 Å². The number of benzene rings is 2. The SMILES string of the molecule is COc1ccc(CCNC(=O)CSc2cc(C)ccc2C)cc1. The van der Waals surface area contributed by atoms with E-state index in [9.17, 15) is 4.79 Å². The lowest BCUT2D eigenvalue weighted by atomic mass is 10.1. The second-order valence-electron chi connectivity index (χ2n) is 5.51. The largest absolute Gasteiger partial charge is 0.497 e. The van der Waals surface area contributed by atoms with Gasteiger partial charge >= 0.3 is 0 Å². The molecule has 3 nitrogen and oxygen atoms in total. The Balaban J connectivity index is 1.73. The van der Waals surface area contributed by atoms with Crippen LogP contribution in [0.25, 0.3) is 0 Å². The van der Waals surface area contributed by atoms with Crippen LogP contribution in [-0.2, 0) is 11.2 Å². The fraction of sp³-hybridized carbons (Fsp3) is 0.316. The van der Waals surface area contributed by atoms with Crippen molar-refractivity contribution in [2.45, 2.75) is 25.2 Å². The number of ether oxygens (including phenoxy) is 1. The maximum absolute atomic E-state index is 12.0. The molecule has 4 heteroatoms. The molecule has 1 amide bonds. The van der Waals surface area contributed by atoms with Gasteiger partial charge in [0.1, 0.15) is 5.75 Å². The Kier molecular flexibility index (Phi) is 6.53. The first-order valence-electron chi connectivity index (χ1n) is 7.68. The number of amides is 1. The third-order valence-electron chi connectivity index (χ3n) is 3.60. The van der Waals surface area contributed by atoms with E-state index in [4.69, 9.17) is 4.74 Å². The smallest absolute Gasteiger partial charge is 0.230 e. The fourth-order valence-electron chi connectivity index (χ4n) is 2.20. The Morgan fingerprint density at radius 2 is 1.87 bits per heavy atom. The molecule has 0 fully saturated rings. The van der Waals surface area contributed by atoms with Gasteiger partial charge in [0.15, 0.2) is 0 Å². The predicted molar refractivity (Wildman–Crippen MR) is 96.3 cm³/mol. The molecule has 0 aliphatic rings. The van der Waals surface area contributed by atoms with Crippen molar-refractivity contribution in [3.05, 3.63) is 59.2 Å². The quantitative estimate of drug-likeness (QED) is 0.786. The van der Waals surface area contributed by atoms with Gasteiger partial charge in [-0.1, -0.05) is 29.8 Å². The molecular weight excluding hydrogens is 306 g/mol. The van der Waals surface area contributed by atoms with Crippen LogP contribution in [0.1, 0.15) is 16.7 Å². The van der Waals surface area contributed by atoms with Crippen LogP contribution >= 0.6 is 11.8 Å². The van der Waals surface area contributed by atoms with E-state index in [1.165, 1.54) is 21.6 Å². The van der Waals surface area contributed by atoms with Crippen molar-refractivity contribution >= 4 is 17.7 Å². The van der Waals surface area contributed by atoms with Crippen LogP contribution < -0.4 is 10.1 Å². The molecule has 2 aromatic carbocycles. The first-order chi connectivity index (χ1) is 11.1. The molecule has 0 spiro atoms. The standard InChI is InChI=1S/C19H23NO2S/c1-14-4-5-15(2)18(12-14)23-13-19(21)20-11-10-16-6-8-17(22-3)9-7-16/h4-9,12H,10-11,13H2,1-3H3,(H,20,21). The van der Waals surface area contributed by atoms with Crippen molar-refractivity contribution in [2.24, 2.45) is 0 Å². The number of hydrogen-bond acceptors (Lipinski definition) is 3. The van der Waals surface area contributed by atoms with Crippen LogP contribution in [0, 0.1) is 13.8 Å². The van der Waals surface area contributed by atoms with Gasteiger partial charge in [0.25, 0.3) is 0 Å². The molecule has 2 aromatic rings. The highest BCUT2D eigenvalue weighted by Gasteiger charge is 2.05. The number of aryl methyl sites for hydroxylation is 2. The lowest BCUT2D eigenvalue weighted by Crippen LogP contribution is -2.27. The first-order valence-corrected chi connectivity index (χ1v) is 8.66. The summed E-state index contributed by atoms with van der Waals surface area (Å²) in [6.45, 7) is 4.79. The van der Waals surface area contributed by atoms with Crippen LogP contribution in [0.2, 0.25) is 0 Å². The summed E-state index contributed by atoms with van der Waals surface area (Å²) in [6.07, 6.45) is 0.823. The van der Waals surface area contributed by atoms with Gasteiger partial charge in [0.2, 0.25) is 5.91 Å². The second-order valence-corrected chi connectivity index (χ2v) is 6.52. The van der Waals surface area contributed by atoms with Crippen molar-refractivity contribution in [2.75, 3.05) is 19.4 Å². The van der Waals surface area contributed by atoms with Gasteiger partial charge < -0.3 is 10.1 Å². The minimum Gasteiger partial charge on any atom is -0.497 e. The van der Waals surface area contributed by atoms with Crippen molar-refractivity contribution in [3.63, 3.8) is 0 Å². The highest BCUT2D eigenvalue weighted by Crippen LogP contribution is 2.23. The second kappa shape index (κ2) is 8.63. The summed E-state index contributed by atoms with van der Waals surface area (Å²) in [6, 6.07) is 14.2. The Morgan fingerprint density at radius 1 is 1.13 bits per heavy atom. The summed E-state index contributed by atoms with van der Waals surface area (Å²) in [5.41, 5.74) is 3.62. The third kappa shape index (κ3) is 5.64. The molecule has 0 atom stereocenters. The molecule has 0 saturated carbocycles. The number of nitrogens with one attached hydrogen (secondary N) is 1. The van der Waals surface area contributed by atoms with Gasteiger partial charge in [-0.2, -0.15) is 0 Å². The van der Waals surface area contributed by atoms with Gasteiger partial charge in [0, 0.05) is 11.4 Å². The fourth-order valence-corrected chi connectivity index (χ4v) is 3.15. The minimum atomic E-state index is 0.0735. The molecule has 0 aliphatic heterocycles. The van der Waals surface area contributed by atoms with E-state index in [2.05, 4.69) is 37.4 Å². The van der Waals surface area contributed by atoms with E-state index < -0.39 is 0 Å². The zero-order valence-electron chi connectivity index (χ0n) is 13.9. The topological polar surface area (TPSA) is 38.3 Å². The highest BCUT2D eigenvalue weighted by molar-refractivity contribution is 8.00. The Morgan fingerprint density at radius 3 is 2.57 bits per heavy atom. The summed E-state index contributed by atoms with van der Waals surface area (Å²) in [5, 5.41) is 2.97. The van der Waals surface area contributed by atoms with Crippen molar-refractivity contribution in [1.29, 1.82) is 0 Å². The van der Waals surface area contributed by atoms with E-state index in [1.807, 2.05) is 24.3 Å². The van der Waals surface area contributed by atoms with Crippen LogP contribution in [0.3, 0.4) is 0 Å². The monoisotopic (exact) mass is 329 g/mol. The average molecular weight is 329 g/mol. The summed E-state index contributed by atoms with van der Waals surface area (Å²) < 4.78 is 5.13. The molecule has 0 unspecified atom stereocenters. The molecule has 0 heterocycles. The Bertz CT molecular complexity index is 653. The van der Waals surface area contributed by atoms with Crippen molar-refractivity contribution < 1.29 is 9.53 Å². The van der Waals surface area contributed by atoms with Crippen LogP contribution in [0.4, 0.5) is 0 Å². The first kappa shape index (κ1) is 17.4. The highest BCUT2D eigenvalue weighted by atomic mass is 32.2. The molecule has 0 saturated heterocycles. The molecule has 0 aliphatic carbocycles. The summed E-state index contributed by atoms with van der Waals surface area (Å²) in [5.74, 6) is 1.37. The van der Waals surface area contributed by atoms with Crippen molar-refractivity contribution in [3.8, 4) is 5.75 Å². The summed E-state index contributed by atoms with van der Waals surface area (Å²) in [4.78, 5) is 13.1. The average Bonchev–Trinajstić information content (AvgIpc) is 2.56. The number of carbonyl (C=O) groups excluding carboxylic acids is 1. The summed E-state index contributed by atoms with van der Waals surface area (Å²) in [7, 11) is 1.66. The maximum Gasteiger partial charge on any atom is 0.230 e. The van der Waals surface area contributed by atoms with E-state index in [0.717, 1.165) is 12.2 Å². The maximum atomic E-state index is 12.0. The van der Waals surface area contributed by atoms with Crippen molar-refractivity contribution in [1.82, 2.24) is 5.32 Å². The van der Waals surface area contributed by atoms with Gasteiger partial charge in [-0.3, -0.25) is 4.79 Å². The molecule has 23 heavy (non-hydrogen) atoms. The predicted octanol–water partition coefficient (Wildman–Crippen LogP) is 3.76. The molecule has 1 N–H and O–H groups in total. The van der Waals surface area contributed by atoms with Gasteiger partial charge in [-0.15, -0.1) is 11.8 Å². The van der Waals surface area contributed by atoms with Gasteiger partial charge in [-0.25, -0.2) is 0 Å². The van der Waals surface area contributed by atoms with Gasteiger partial charge in [-0.05, 0) is 49.6 Å². The van der Waals surface area contributed by atoms with Crippen LogP contribution in [0.5, 0.6) is 5.75 Å². The molecular formula is C19H23NO2S. The summed E-state index contributed by atoms with van der Waals surface area (Å²) >= 11 is 1.59. The zero-order chi connectivity index (χ0) is 16.7. The number of methoxy groups -OCH3 is 1. The zero-order valence-corrected chi connectivity index (χ0v) is 14.7. The van der Waals surface area contributed by atoms with Crippen LogP contribution in [0.15, 0.2) is 47.4 Å². The lowest BCUT2D eigenvalue weighted by Gasteiger charge is -2.08. The molecule has 0 radical (unpaired) electrons. The van der Waals surface area contributed by atoms with Gasteiger partial charge in [0.05, 0.1) is 12.9 Å². The Hall–Kier alpha value is -1.94. The Labute approximate surface area is 142 Å². The number of hydrogen-bond donors (Lipinski definition) is 1. The molecule has 2 rings (SSSR count). The normalized spacial score (nSPS) is 10.4. The van der Waals surface area contributed by atoms with E-state index in [1.54, 1.807) is 18.9 Å². The minimum absolute atomic E-state index is 0.0735. The molecule has 0 bridgehead atoms. The molecule has 0 aromatic heterocycles. The van der Waals surface area contributed by atoms with E-state index in [0.29, 0.717) is 12.3 Å². The number of thioether (sulfide) groups is 1. The lowest BCUT2D eigenvalue weighted by molar-refractivity contribution is -0.118. The third-order valence-corrected chi connectivity index (χ3v) is 4.75. The van der Waals surface area contributed by atoms with Crippen LogP contribution in [-0.4, -0.2) is 25.3 Å². The van der Waals surface area contributed by atoms with E-state index in [-0.39, 0.29) is 5.91 Å². The number of rotatable bonds is 7. The molecule has 122 valence electrons.